The van der Waals surface area contributed by atoms with Crippen LogP contribution in [0.5, 0.6) is 0 Å². The van der Waals surface area contributed by atoms with Crippen molar-refractivity contribution in [1.29, 1.82) is 0 Å². The highest BCUT2D eigenvalue weighted by Gasteiger charge is 2.35. The Labute approximate surface area is 97.7 Å². The SMILES string of the molecule is Cc1cc(CN2CC(C)C2)nc(C(F)(F)F)n1. The van der Waals surface area contributed by atoms with Crippen molar-refractivity contribution in [3.05, 3.63) is 23.3 Å². The number of likely N-dealkylation sites (tertiary alicyclic amines) is 1. The van der Waals surface area contributed by atoms with Gasteiger partial charge in [-0.3, -0.25) is 4.90 Å². The minimum absolute atomic E-state index is 0.357. The van der Waals surface area contributed by atoms with Gasteiger partial charge < -0.3 is 0 Å². The summed E-state index contributed by atoms with van der Waals surface area (Å²) in [5.74, 6) is -0.416. The molecule has 17 heavy (non-hydrogen) atoms. The van der Waals surface area contributed by atoms with Gasteiger partial charge in [0.25, 0.3) is 0 Å². The van der Waals surface area contributed by atoms with Crippen molar-refractivity contribution in [2.24, 2.45) is 5.92 Å². The topological polar surface area (TPSA) is 29.0 Å². The minimum Gasteiger partial charge on any atom is -0.297 e. The Morgan fingerprint density at radius 3 is 2.53 bits per heavy atom. The third-order valence-corrected chi connectivity index (χ3v) is 2.69. The Morgan fingerprint density at radius 2 is 2.00 bits per heavy atom. The van der Waals surface area contributed by atoms with Gasteiger partial charge in [0.1, 0.15) is 0 Å². The van der Waals surface area contributed by atoms with Crippen LogP contribution in [-0.4, -0.2) is 28.0 Å². The van der Waals surface area contributed by atoms with Crippen molar-refractivity contribution in [2.75, 3.05) is 13.1 Å². The van der Waals surface area contributed by atoms with Gasteiger partial charge in [-0.1, -0.05) is 6.92 Å². The Hall–Kier alpha value is -1.17. The van der Waals surface area contributed by atoms with E-state index >= 15 is 0 Å². The molecule has 2 heterocycles. The first-order valence-corrected chi connectivity index (χ1v) is 5.48. The Kier molecular flexibility index (Phi) is 3.07. The summed E-state index contributed by atoms with van der Waals surface area (Å²) < 4.78 is 37.5. The van der Waals surface area contributed by atoms with E-state index in [1.54, 1.807) is 13.0 Å². The van der Waals surface area contributed by atoms with Gasteiger partial charge in [0.2, 0.25) is 5.82 Å². The molecule has 0 spiro atoms. The van der Waals surface area contributed by atoms with E-state index in [0.29, 0.717) is 23.9 Å². The summed E-state index contributed by atoms with van der Waals surface area (Å²) in [6, 6.07) is 1.61. The van der Waals surface area contributed by atoms with Crippen molar-refractivity contribution in [1.82, 2.24) is 14.9 Å². The molecule has 1 fully saturated rings. The Bertz CT molecular complexity index is 411. The number of rotatable bonds is 2. The average molecular weight is 245 g/mol. The van der Waals surface area contributed by atoms with Gasteiger partial charge in [-0.15, -0.1) is 0 Å². The Balaban J connectivity index is 2.14. The molecule has 0 amide bonds. The maximum absolute atomic E-state index is 12.5. The molecule has 0 aliphatic carbocycles. The highest BCUT2D eigenvalue weighted by Crippen LogP contribution is 2.27. The lowest BCUT2D eigenvalue weighted by Gasteiger charge is -2.36. The lowest BCUT2D eigenvalue weighted by atomic mass is 10.0. The molecular weight excluding hydrogens is 231 g/mol. The summed E-state index contributed by atoms with van der Waals surface area (Å²) in [5, 5.41) is 0. The second kappa shape index (κ2) is 4.25. The summed E-state index contributed by atoms with van der Waals surface area (Å²) >= 11 is 0. The van der Waals surface area contributed by atoms with Crippen LogP contribution < -0.4 is 0 Å². The van der Waals surface area contributed by atoms with E-state index in [0.717, 1.165) is 13.1 Å². The molecule has 1 saturated heterocycles. The molecule has 0 radical (unpaired) electrons. The fourth-order valence-corrected chi connectivity index (χ4v) is 2.03. The summed E-state index contributed by atoms with van der Waals surface area (Å²) in [6.45, 7) is 5.98. The quantitative estimate of drug-likeness (QED) is 0.800. The van der Waals surface area contributed by atoms with Crippen LogP contribution >= 0.6 is 0 Å². The highest BCUT2D eigenvalue weighted by atomic mass is 19.4. The second-order valence-corrected chi connectivity index (χ2v) is 4.62. The second-order valence-electron chi connectivity index (χ2n) is 4.62. The largest absolute Gasteiger partial charge is 0.451 e. The molecule has 1 aromatic rings. The van der Waals surface area contributed by atoms with Crippen LogP contribution in [0.2, 0.25) is 0 Å². The molecule has 1 aromatic heterocycles. The smallest absolute Gasteiger partial charge is 0.297 e. The normalized spacial score (nSPS) is 18.2. The van der Waals surface area contributed by atoms with Gasteiger partial charge in [0, 0.05) is 25.3 Å². The zero-order chi connectivity index (χ0) is 12.6. The maximum atomic E-state index is 12.5. The van der Waals surface area contributed by atoms with Gasteiger partial charge in [0.15, 0.2) is 0 Å². The lowest BCUT2D eigenvalue weighted by Crippen LogP contribution is -2.44. The van der Waals surface area contributed by atoms with Crippen molar-refractivity contribution in [3.63, 3.8) is 0 Å². The maximum Gasteiger partial charge on any atom is 0.451 e. The van der Waals surface area contributed by atoms with Gasteiger partial charge in [-0.2, -0.15) is 13.2 Å². The molecule has 1 aliphatic heterocycles. The number of hydrogen-bond acceptors (Lipinski definition) is 3. The lowest BCUT2D eigenvalue weighted by molar-refractivity contribution is -0.145. The zero-order valence-electron chi connectivity index (χ0n) is 9.75. The summed E-state index contributed by atoms with van der Waals surface area (Å²) in [7, 11) is 0. The van der Waals surface area contributed by atoms with Crippen LogP contribution in [0.4, 0.5) is 13.2 Å². The molecule has 6 heteroatoms. The first-order valence-electron chi connectivity index (χ1n) is 5.48. The van der Waals surface area contributed by atoms with E-state index in [4.69, 9.17) is 0 Å². The molecule has 0 atom stereocenters. The van der Waals surface area contributed by atoms with Crippen LogP contribution in [0.3, 0.4) is 0 Å². The predicted octanol–water partition coefficient (Wildman–Crippen LogP) is 2.26. The fraction of sp³-hybridized carbons (Fsp3) is 0.636. The first-order chi connectivity index (χ1) is 7.84. The first kappa shape index (κ1) is 12.3. The number of hydrogen-bond donors (Lipinski definition) is 0. The van der Waals surface area contributed by atoms with Crippen molar-refractivity contribution < 1.29 is 13.2 Å². The van der Waals surface area contributed by atoms with E-state index in [-0.39, 0.29) is 0 Å². The molecule has 0 N–H and O–H groups in total. The number of alkyl halides is 3. The van der Waals surface area contributed by atoms with Crippen molar-refractivity contribution in [2.45, 2.75) is 26.6 Å². The fourth-order valence-electron chi connectivity index (χ4n) is 2.03. The molecule has 0 bridgehead atoms. The van der Waals surface area contributed by atoms with Crippen LogP contribution in [0.15, 0.2) is 6.07 Å². The third-order valence-electron chi connectivity index (χ3n) is 2.69. The van der Waals surface area contributed by atoms with Crippen molar-refractivity contribution >= 4 is 0 Å². The standard InChI is InChI=1S/C11H14F3N3/c1-7-4-17(5-7)6-9-3-8(2)15-10(16-9)11(12,13)14/h3,7H,4-6H2,1-2H3. The number of nitrogens with zero attached hydrogens (tertiary/aromatic N) is 3. The average Bonchev–Trinajstić information content (AvgIpc) is 2.13. The molecule has 0 aromatic carbocycles. The van der Waals surface area contributed by atoms with Gasteiger partial charge in [-0.25, -0.2) is 9.97 Å². The molecule has 3 nitrogen and oxygen atoms in total. The Morgan fingerprint density at radius 1 is 1.35 bits per heavy atom. The van der Waals surface area contributed by atoms with E-state index < -0.39 is 12.0 Å². The zero-order valence-corrected chi connectivity index (χ0v) is 9.75. The van der Waals surface area contributed by atoms with Crippen LogP contribution in [0, 0.1) is 12.8 Å². The van der Waals surface area contributed by atoms with Crippen LogP contribution in [0.25, 0.3) is 0 Å². The summed E-state index contributed by atoms with van der Waals surface area (Å²) in [4.78, 5) is 9.07. The van der Waals surface area contributed by atoms with E-state index in [1.165, 1.54) is 0 Å². The van der Waals surface area contributed by atoms with Gasteiger partial charge in [-0.05, 0) is 18.9 Å². The van der Waals surface area contributed by atoms with Gasteiger partial charge in [0.05, 0.1) is 5.69 Å². The molecule has 0 saturated carbocycles. The van der Waals surface area contributed by atoms with Crippen LogP contribution in [-0.2, 0) is 12.7 Å². The predicted molar refractivity (Wildman–Crippen MR) is 56.2 cm³/mol. The van der Waals surface area contributed by atoms with E-state index in [1.807, 2.05) is 0 Å². The van der Waals surface area contributed by atoms with E-state index in [9.17, 15) is 13.2 Å². The van der Waals surface area contributed by atoms with Crippen LogP contribution in [0.1, 0.15) is 24.1 Å². The summed E-state index contributed by atoms with van der Waals surface area (Å²) in [5.41, 5.74) is 0.799. The summed E-state index contributed by atoms with van der Waals surface area (Å²) in [6.07, 6.45) is -4.47. The molecule has 0 unspecified atom stereocenters. The number of aryl methyl sites for hydroxylation is 1. The number of halogens is 3. The third kappa shape index (κ3) is 2.94. The number of aromatic nitrogens is 2. The molecule has 1 aliphatic rings. The van der Waals surface area contributed by atoms with Crippen molar-refractivity contribution in [3.8, 4) is 0 Å². The van der Waals surface area contributed by atoms with E-state index in [2.05, 4.69) is 21.8 Å². The molecular formula is C11H14F3N3. The van der Waals surface area contributed by atoms with Gasteiger partial charge >= 0.3 is 6.18 Å². The molecule has 94 valence electrons. The highest BCUT2D eigenvalue weighted by molar-refractivity contribution is 5.12. The minimum atomic E-state index is -4.47. The molecule has 2 rings (SSSR count). The monoisotopic (exact) mass is 245 g/mol.